The molecule has 0 saturated carbocycles. The Hall–Kier alpha value is -0.440. The third-order valence-electron chi connectivity index (χ3n) is 2.52. The van der Waals surface area contributed by atoms with E-state index in [9.17, 15) is 0 Å². The molecular formula is C10H14Cl2N2. The van der Waals surface area contributed by atoms with E-state index >= 15 is 0 Å². The van der Waals surface area contributed by atoms with Crippen molar-refractivity contribution in [2.45, 2.75) is 0 Å². The van der Waals surface area contributed by atoms with E-state index in [4.69, 9.17) is 11.6 Å². The van der Waals surface area contributed by atoms with E-state index in [1.165, 1.54) is 16.3 Å². The maximum Gasteiger partial charge on any atom is 0.157 e. The van der Waals surface area contributed by atoms with E-state index in [-0.39, 0.29) is 12.4 Å². The van der Waals surface area contributed by atoms with E-state index in [0.29, 0.717) is 0 Å². The molecule has 0 fully saturated rings. The monoisotopic (exact) mass is 232 g/mol. The zero-order valence-corrected chi connectivity index (χ0v) is 9.65. The molecule has 0 aliphatic carbocycles. The Morgan fingerprint density at radius 1 is 1.43 bits per heavy atom. The summed E-state index contributed by atoms with van der Waals surface area (Å²) in [7, 11) is 2.13. The zero-order chi connectivity index (χ0) is 9.26. The van der Waals surface area contributed by atoms with Crippen LogP contribution in [0.2, 0.25) is 0 Å². The summed E-state index contributed by atoms with van der Waals surface area (Å²) < 4.78 is 0. The first-order valence-corrected chi connectivity index (χ1v) is 5.07. The molecule has 0 radical (unpaired) electrons. The van der Waals surface area contributed by atoms with Crippen molar-refractivity contribution in [3.05, 3.63) is 24.3 Å². The van der Waals surface area contributed by atoms with Gasteiger partial charge in [-0.2, -0.15) is 0 Å². The van der Waals surface area contributed by atoms with Gasteiger partial charge in [0.15, 0.2) is 12.4 Å². The molecule has 0 spiro atoms. The van der Waals surface area contributed by atoms with Gasteiger partial charge >= 0.3 is 0 Å². The number of hydrogen-bond donors (Lipinski definition) is 1. The van der Waals surface area contributed by atoms with Crippen molar-refractivity contribution in [2.24, 2.45) is 0 Å². The highest BCUT2D eigenvalue weighted by molar-refractivity contribution is 6.17. The van der Waals surface area contributed by atoms with Gasteiger partial charge in [-0.3, -0.25) is 4.90 Å². The second kappa shape index (κ2) is 4.87. The number of benzene rings is 1. The smallest absolute Gasteiger partial charge is 0.157 e. The Morgan fingerprint density at radius 2 is 2.14 bits per heavy atom. The van der Waals surface area contributed by atoms with E-state index < -0.39 is 0 Å². The molecule has 0 aromatic heterocycles. The molecule has 1 unspecified atom stereocenters. The number of anilines is 1. The third-order valence-corrected chi connectivity index (χ3v) is 2.71. The Bertz CT molecular complexity index is 304. The van der Waals surface area contributed by atoms with Gasteiger partial charge in [-0.05, 0) is 6.07 Å². The lowest BCUT2D eigenvalue weighted by molar-refractivity contribution is -0.822. The summed E-state index contributed by atoms with van der Waals surface area (Å²) in [6.07, 6.45) is 0. The molecule has 78 valence electrons. The first-order chi connectivity index (χ1) is 6.33. The lowest BCUT2D eigenvalue weighted by Crippen LogP contribution is -3.07. The summed E-state index contributed by atoms with van der Waals surface area (Å²) in [5.41, 5.74) is 2.72. The van der Waals surface area contributed by atoms with E-state index in [0.717, 1.165) is 19.1 Å². The molecule has 0 bridgehead atoms. The molecule has 1 aromatic carbocycles. The van der Waals surface area contributed by atoms with Crippen molar-refractivity contribution in [1.82, 2.24) is 0 Å². The molecular weight excluding hydrogens is 219 g/mol. The van der Waals surface area contributed by atoms with Crippen molar-refractivity contribution in [3.8, 4) is 0 Å². The lowest BCUT2D eigenvalue weighted by atomic mass is 10.2. The van der Waals surface area contributed by atoms with Gasteiger partial charge in [0.05, 0.1) is 12.4 Å². The second-order valence-electron chi connectivity index (χ2n) is 3.42. The molecule has 1 aliphatic heterocycles. The Morgan fingerprint density at radius 3 is 2.86 bits per heavy atom. The Balaban J connectivity index is 0.000000980. The first kappa shape index (κ1) is 11.6. The van der Waals surface area contributed by atoms with Crippen LogP contribution in [-0.2, 0) is 0 Å². The van der Waals surface area contributed by atoms with Crippen LogP contribution in [0.15, 0.2) is 24.3 Å². The molecule has 1 aliphatic rings. The summed E-state index contributed by atoms with van der Waals surface area (Å²) in [5.74, 6) is 0.720. The summed E-state index contributed by atoms with van der Waals surface area (Å²) >= 11 is 5.76. The highest BCUT2D eigenvalue weighted by atomic mass is 35.5. The SMILES string of the molecule is CN1C[NH+](CCCl)c2ccccc21.[Cl-]. The minimum absolute atomic E-state index is 0. The molecule has 1 atom stereocenters. The molecule has 0 amide bonds. The zero-order valence-electron chi connectivity index (χ0n) is 8.13. The minimum Gasteiger partial charge on any atom is -1.00 e. The van der Waals surface area contributed by atoms with Crippen LogP contribution >= 0.6 is 11.6 Å². The van der Waals surface area contributed by atoms with Crippen molar-refractivity contribution in [1.29, 1.82) is 0 Å². The predicted molar refractivity (Wildman–Crippen MR) is 55.9 cm³/mol. The number of nitrogens with one attached hydrogen (secondary N) is 1. The van der Waals surface area contributed by atoms with Crippen LogP contribution < -0.4 is 22.2 Å². The molecule has 1 aromatic rings. The van der Waals surface area contributed by atoms with Crippen LogP contribution in [-0.4, -0.2) is 26.1 Å². The quantitative estimate of drug-likeness (QED) is 0.572. The minimum atomic E-state index is 0. The summed E-state index contributed by atoms with van der Waals surface area (Å²) in [5, 5.41) is 0. The normalized spacial score (nSPS) is 19.0. The van der Waals surface area contributed by atoms with Crippen LogP contribution in [0.3, 0.4) is 0 Å². The fourth-order valence-electron chi connectivity index (χ4n) is 1.89. The lowest BCUT2D eigenvalue weighted by Gasteiger charge is -2.11. The molecule has 4 heteroatoms. The van der Waals surface area contributed by atoms with Gasteiger partial charge in [0.25, 0.3) is 0 Å². The van der Waals surface area contributed by atoms with Crippen molar-refractivity contribution in [3.63, 3.8) is 0 Å². The van der Waals surface area contributed by atoms with Crippen LogP contribution in [0.5, 0.6) is 0 Å². The van der Waals surface area contributed by atoms with Crippen molar-refractivity contribution >= 4 is 23.0 Å². The van der Waals surface area contributed by atoms with Gasteiger partial charge in [0.2, 0.25) is 0 Å². The summed E-state index contributed by atoms with van der Waals surface area (Å²) in [6.45, 7) is 2.04. The number of fused-ring (bicyclic) bond motifs is 1. The van der Waals surface area contributed by atoms with Crippen molar-refractivity contribution in [2.75, 3.05) is 31.0 Å². The molecule has 0 saturated heterocycles. The first-order valence-electron chi connectivity index (χ1n) is 4.54. The van der Waals surface area contributed by atoms with E-state index in [1.807, 2.05) is 0 Å². The maximum atomic E-state index is 5.76. The van der Waals surface area contributed by atoms with E-state index in [2.05, 4.69) is 36.2 Å². The number of hydrogen-bond acceptors (Lipinski definition) is 1. The molecule has 1 N–H and O–H groups in total. The van der Waals surface area contributed by atoms with Crippen LogP contribution in [0, 0.1) is 0 Å². The standard InChI is InChI=1S/C10H13ClN2.ClH/c1-12-8-13(7-6-11)10-5-3-2-4-9(10)12;/h2-5H,6-8H2,1H3;1H. The van der Waals surface area contributed by atoms with Gasteiger partial charge < -0.3 is 17.3 Å². The largest absolute Gasteiger partial charge is 1.00 e. The highest BCUT2D eigenvalue weighted by Crippen LogP contribution is 2.23. The number of rotatable bonds is 2. The molecule has 2 nitrogen and oxygen atoms in total. The number of para-hydroxylation sites is 2. The molecule has 1 heterocycles. The summed E-state index contributed by atoms with van der Waals surface area (Å²) in [4.78, 5) is 3.74. The average Bonchev–Trinajstić information content (AvgIpc) is 2.46. The van der Waals surface area contributed by atoms with Crippen LogP contribution in [0.4, 0.5) is 11.4 Å². The van der Waals surface area contributed by atoms with Gasteiger partial charge in [0.1, 0.15) is 5.69 Å². The number of halogens is 2. The van der Waals surface area contributed by atoms with Gasteiger partial charge in [0, 0.05) is 13.1 Å². The fraction of sp³-hybridized carbons (Fsp3) is 0.400. The number of alkyl halides is 1. The van der Waals surface area contributed by atoms with Gasteiger partial charge in [-0.1, -0.05) is 12.1 Å². The second-order valence-corrected chi connectivity index (χ2v) is 3.79. The third kappa shape index (κ3) is 1.97. The van der Waals surface area contributed by atoms with Gasteiger partial charge in [-0.15, -0.1) is 11.6 Å². The predicted octanol–water partition coefficient (Wildman–Crippen LogP) is -2.15. The molecule has 2 rings (SSSR count). The van der Waals surface area contributed by atoms with Crippen molar-refractivity contribution < 1.29 is 17.3 Å². The van der Waals surface area contributed by atoms with Crippen LogP contribution in [0.25, 0.3) is 0 Å². The maximum absolute atomic E-state index is 5.76. The Kier molecular flexibility index (Phi) is 4.05. The molecule has 14 heavy (non-hydrogen) atoms. The van der Waals surface area contributed by atoms with Gasteiger partial charge in [-0.25, -0.2) is 0 Å². The number of quaternary nitrogens is 1. The Labute approximate surface area is 95.9 Å². The van der Waals surface area contributed by atoms with Crippen LogP contribution in [0.1, 0.15) is 0 Å². The number of nitrogens with zero attached hydrogens (tertiary/aromatic N) is 1. The average molecular weight is 233 g/mol. The fourth-order valence-corrected chi connectivity index (χ4v) is 2.12. The summed E-state index contributed by atoms with van der Waals surface area (Å²) in [6, 6.07) is 8.52. The highest BCUT2D eigenvalue weighted by Gasteiger charge is 2.26. The topological polar surface area (TPSA) is 7.68 Å². The van der Waals surface area contributed by atoms with E-state index in [1.54, 1.807) is 0 Å².